The van der Waals surface area contributed by atoms with Crippen molar-refractivity contribution in [3.8, 4) is 0 Å². The molecule has 2 N–H and O–H groups in total. The number of nitrogens with two attached hydrogens (primary N) is 1. The van der Waals surface area contributed by atoms with E-state index in [1.54, 1.807) is 18.4 Å². The summed E-state index contributed by atoms with van der Waals surface area (Å²) in [5.41, 5.74) is 6.83. The van der Waals surface area contributed by atoms with Gasteiger partial charge in [-0.1, -0.05) is 6.92 Å². The van der Waals surface area contributed by atoms with Gasteiger partial charge in [-0.25, -0.2) is 4.98 Å². The van der Waals surface area contributed by atoms with Crippen molar-refractivity contribution in [3.63, 3.8) is 0 Å². The Kier molecular flexibility index (Phi) is 5.92. The van der Waals surface area contributed by atoms with Gasteiger partial charge in [-0.15, -0.1) is 11.3 Å². The molecule has 0 saturated heterocycles. The van der Waals surface area contributed by atoms with Crippen LogP contribution in [0.2, 0.25) is 0 Å². The zero-order valence-corrected chi connectivity index (χ0v) is 12.7. The van der Waals surface area contributed by atoms with Gasteiger partial charge in [0.1, 0.15) is 10.6 Å². The third-order valence-corrected chi connectivity index (χ3v) is 4.86. The Hall–Kier alpha value is -0.100. The van der Waals surface area contributed by atoms with Crippen molar-refractivity contribution in [2.24, 2.45) is 5.73 Å². The van der Waals surface area contributed by atoms with Crippen LogP contribution >= 0.6 is 23.1 Å². The summed E-state index contributed by atoms with van der Waals surface area (Å²) in [6.07, 6.45) is 3.98. The molecule has 0 fully saturated rings. The number of methoxy groups -OCH3 is 1. The van der Waals surface area contributed by atoms with E-state index in [9.17, 15) is 0 Å². The van der Waals surface area contributed by atoms with E-state index in [4.69, 9.17) is 10.5 Å². The molecule has 0 aliphatic carbocycles. The minimum atomic E-state index is -0.276. The molecule has 0 spiro atoms. The molecule has 2 unspecified atom stereocenters. The number of rotatable bonds is 7. The van der Waals surface area contributed by atoms with E-state index in [0.29, 0.717) is 0 Å². The Morgan fingerprint density at radius 3 is 2.88 bits per heavy atom. The van der Waals surface area contributed by atoms with Crippen LogP contribution in [-0.4, -0.2) is 24.1 Å². The van der Waals surface area contributed by atoms with E-state index < -0.39 is 0 Å². The molecule has 2 atom stereocenters. The van der Waals surface area contributed by atoms with E-state index >= 15 is 0 Å². The number of nitrogens with zero attached hydrogens (tertiary/aromatic N) is 1. The lowest BCUT2D eigenvalue weighted by Crippen LogP contribution is -2.23. The highest BCUT2D eigenvalue weighted by molar-refractivity contribution is 7.98. The van der Waals surface area contributed by atoms with Crippen LogP contribution in [0.15, 0.2) is 5.38 Å². The van der Waals surface area contributed by atoms with Crippen molar-refractivity contribution in [2.75, 3.05) is 19.1 Å². The maximum atomic E-state index is 6.11. The van der Waals surface area contributed by atoms with Crippen LogP contribution in [0.4, 0.5) is 0 Å². The topological polar surface area (TPSA) is 48.1 Å². The van der Waals surface area contributed by atoms with Crippen molar-refractivity contribution in [1.29, 1.82) is 0 Å². The Bertz CT molecular complexity index is 337. The third kappa shape index (κ3) is 3.68. The summed E-state index contributed by atoms with van der Waals surface area (Å²) in [7, 11) is 1.73. The second kappa shape index (κ2) is 6.73. The van der Waals surface area contributed by atoms with Gasteiger partial charge in [-0.3, -0.25) is 0 Å². The van der Waals surface area contributed by atoms with Crippen LogP contribution in [0.1, 0.15) is 43.4 Å². The molecule has 0 aromatic carbocycles. The Morgan fingerprint density at radius 2 is 2.35 bits per heavy atom. The highest BCUT2D eigenvalue weighted by Crippen LogP contribution is 2.32. The van der Waals surface area contributed by atoms with Crippen LogP contribution in [-0.2, 0) is 10.3 Å². The SMILES string of the molecule is CCC(C)(OC)c1nc(C(N)CCSC)cs1. The van der Waals surface area contributed by atoms with Crippen LogP contribution in [0.3, 0.4) is 0 Å². The molecule has 0 bridgehead atoms. The second-order valence-electron chi connectivity index (χ2n) is 4.25. The molecule has 0 aliphatic rings. The molecule has 1 rings (SSSR count). The van der Waals surface area contributed by atoms with Gasteiger partial charge in [0.2, 0.25) is 0 Å². The number of thioether (sulfide) groups is 1. The van der Waals surface area contributed by atoms with Crippen molar-refractivity contribution < 1.29 is 4.74 Å². The highest BCUT2D eigenvalue weighted by atomic mass is 32.2. The maximum absolute atomic E-state index is 6.11. The third-order valence-electron chi connectivity index (χ3n) is 3.11. The van der Waals surface area contributed by atoms with E-state index in [-0.39, 0.29) is 11.6 Å². The van der Waals surface area contributed by atoms with E-state index in [1.165, 1.54) is 0 Å². The van der Waals surface area contributed by atoms with Gasteiger partial charge in [0.05, 0.1) is 5.69 Å². The molecule has 0 amide bonds. The number of thiazole rings is 1. The van der Waals surface area contributed by atoms with E-state index in [2.05, 4.69) is 30.5 Å². The summed E-state index contributed by atoms with van der Waals surface area (Å²) >= 11 is 3.46. The quantitative estimate of drug-likeness (QED) is 0.829. The predicted octanol–water partition coefficient (Wildman–Crippen LogP) is 3.17. The second-order valence-corrected chi connectivity index (χ2v) is 6.10. The predicted molar refractivity (Wildman–Crippen MR) is 76.7 cm³/mol. The van der Waals surface area contributed by atoms with Gasteiger partial charge in [-0.2, -0.15) is 11.8 Å². The molecular formula is C12H22N2OS2. The summed E-state index contributed by atoms with van der Waals surface area (Å²) in [5, 5.41) is 3.09. The van der Waals surface area contributed by atoms with Gasteiger partial charge in [0, 0.05) is 18.5 Å². The van der Waals surface area contributed by atoms with Gasteiger partial charge in [-0.05, 0) is 31.8 Å². The zero-order chi connectivity index (χ0) is 12.9. The molecule has 3 nitrogen and oxygen atoms in total. The Balaban J connectivity index is 2.77. The normalized spacial score (nSPS) is 16.8. The molecule has 0 aliphatic heterocycles. The molecule has 0 saturated carbocycles. The molecular weight excluding hydrogens is 252 g/mol. The highest BCUT2D eigenvalue weighted by Gasteiger charge is 2.28. The molecule has 98 valence electrons. The number of ether oxygens (including phenoxy) is 1. The minimum absolute atomic E-state index is 0.0467. The van der Waals surface area contributed by atoms with Crippen molar-refractivity contribution >= 4 is 23.1 Å². The van der Waals surface area contributed by atoms with Gasteiger partial charge in [0.25, 0.3) is 0 Å². The first kappa shape index (κ1) is 15.0. The summed E-state index contributed by atoms with van der Waals surface area (Å²) in [5.74, 6) is 1.07. The largest absolute Gasteiger partial charge is 0.371 e. The molecule has 1 aromatic heterocycles. The number of hydrogen-bond donors (Lipinski definition) is 1. The van der Waals surface area contributed by atoms with Crippen molar-refractivity contribution in [2.45, 2.75) is 38.3 Å². The Morgan fingerprint density at radius 1 is 1.65 bits per heavy atom. The minimum Gasteiger partial charge on any atom is -0.371 e. The summed E-state index contributed by atoms with van der Waals surface area (Å²) in [6.45, 7) is 4.18. The first-order valence-corrected chi connectivity index (χ1v) is 8.10. The first-order chi connectivity index (χ1) is 8.07. The fourth-order valence-electron chi connectivity index (χ4n) is 1.47. The monoisotopic (exact) mass is 274 g/mol. The fourth-order valence-corrected chi connectivity index (χ4v) is 3.06. The van der Waals surface area contributed by atoms with Gasteiger partial charge < -0.3 is 10.5 Å². The first-order valence-electron chi connectivity index (χ1n) is 5.83. The molecule has 1 aromatic rings. The number of aromatic nitrogens is 1. The average molecular weight is 274 g/mol. The van der Waals surface area contributed by atoms with Crippen LogP contribution in [0.25, 0.3) is 0 Å². The molecule has 5 heteroatoms. The van der Waals surface area contributed by atoms with E-state index in [0.717, 1.165) is 29.3 Å². The summed E-state index contributed by atoms with van der Waals surface area (Å²) in [6, 6.07) is 0.0467. The van der Waals surface area contributed by atoms with Gasteiger partial charge in [0.15, 0.2) is 0 Å². The standard InChI is InChI=1S/C12H22N2OS2/c1-5-12(2,15-3)11-14-10(8-17-11)9(13)6-7-16-4/h8-9H,5-7,13H2,1-4H3. The van der Waals surface area contributed by atoms with Gasteiger partial charge >= 0.3 is 0 Å². The van der Waals surface area contributed by atoms with Crippen LogP contribution in [0, 0.1) is 0 Å². The molecule has 17 heavy (non-hydrogen) atoms. The fraction of sp³-hybridized carbons (Fsp3) is 0.750. The zero-order valence-electron chi connectivity index (χ0n) is 11.0. The van der Waals surface area contributed by atoms with Crippen molar-refractivity contribution in [1.82, 2.24) is 4.98 Å². The van der Waals surface area contributed by atoms with Crippen molar-refractivity contribution in [3.05, 3.63) is 16.1 Å². The van der Waals surface area contributed by atoms with Crippen LogP contribution in [0.5, 0.6) is 0 Å². The van der Waals surface area contributed by atoms with E-state index in [1.807, 2.05) is 11.8 Å². The lowest BCUT2D eigenvalue weighted by atomic mass is 10.0. The van der Waals surface area contributed by atoms with Crippen LogP contribution < -0.4 is 5.73 Å². The average Bonchev–Trinajstić information content (AvgIpc) is 2.85. The Labute approximate surface area is 112 Å². The lowest BCUT2D eigenvalue weighted by molar-refractivity contribution is -0.00170. The molecule has 0 radical (unpaired) electrons. The smallest absolute Gasteiger partial charge is 0.125 e. The summed E-state index contributed by atoms with van der Waals surface area (Å²) < 4.78 is 5.55. The number of hydrogen-bond acceptors (Lipinski definition) is 5. The molecule has 1 heterocycles. The lowest BCUT2D eigenvalue weighted by Gasteiger charge is -2.23. The maximum Gasteiger partial charge on any atom is 0.125 e. The summed E-state index contributed by atoms with van der Waals surface area (Å²) in [4.78, 5) is 4.64.